The summed E-state index contributed by atoms with van der Waals surface area (Å²) in [6, 6.07) is 4.10. The fourth-order valence-electron chi connectivity index (χ4n) is 3.16. The van der Waals surface area contributed by atoms with E-state index in [1.807, 2.05) is 6.92 Å². The molecule has 1 aliphatic heterocycles. The van der Waals surface area contributed by atoms with Gasteiger partial charge < -0.3 is 9.64 Å². The molecule has 1 fully saturated rings. The Morgan fingerprint density at radius 1 is 1.14 bits per heavy atom. The second-order valence-corrected chi connectivity index (χ2v) is 8.84. The van der Waals surface area contributed by atoms with Crippen molar-refractivity contribution in [1.82, 2.24) is 9.21 Å². The van der Waals surface area contributed by atoms with E-state index in [2.05, 4.69) is 11.7 Å². The molecule has 158 valence electrons. The van der Waals surface area contributed by atoms with E-state index in [1.54, 1.807) is 4.90 Å². The van der Waals surface area contributed by atoms with Gasteiger partial charge in [0.15, 0.2) is 0 Å². The number of carbonyl (C=O) groups excluding carboxylic acids is 1. The molecule has 1 aromatic rings. The molecule has 1 aromatic carbocycles. The van der Waals surface area contributed by atoms with Crippen LogP contribution in [0.4, 0.5) is 13.2 Å². The van der Waals surface area contributed by atoms with Crippen LogP contribution in [0.15, 0.2) is 29.2 Å². The number of carbonyl (C=O) groups is 1. The molecule has 0 aromatic heterocycles. The minimum absolute atomic E-state index is 0.0200. The van der Waals surface area contributed by atoms with Gasteiger partial charge in [0, 0.05) is 32.6 Å². The van der Waals surface area contributed by atoms with E-state index in [-0.39, 0.29) is 29.8 Å². The normalized spacial score (nSPS) is 17.4. The zero-order chi connectivity index (χ0) is 20.9. The van der Waals surface area contributed by atoms with Crippen molar-refractivity contribution < 1.29 is 31.1 Å². The monoisotopic (exact) mass is 422 g/mol. The lowest BCUT2D eigenvalue weighted by Crippen LogP contribution is -2.50. The molecule has 0 bridgehead atoms. The van der Waals surface area contributed by atoms with Crippen LogP contribution in [0.2, 0.25) is 0 Å². The maximum absolute atomic E-state index is 12.7. The van der Waals surface area contributed by atoms with Gasteiger partial charge in [-0.1, -0.05) is 26.7 Å². The van der Waals surface area contributed by atoms with Crippen LogP contribution in [0.5, 0.6) is 5.75 Å². The van der Waals surface area contributed by atoms with E-state index >= 15 is 0 Å². The number of nitrogens with zero attached hydrogens (tertiary/aromatic N) is 2. The molecule has 0 N–H and O–H groups in total. The fraction of sp³-hybridized carbons (Fsp3) is 0.611. The second-order valence-electron chi connectivity index (χ2n) is 6.90. The van der Waals surface area contributed by atoms with Gasteiger partial charge in [0.2, 0.25) is 15.9 Å². The predicted molar refractivity (Wildman–Crippen MR) is 97.2 cm³/mol. The molecule has 1 amide bonds. The van der Waals surface area contributed by atoms with Crippen molar-refractivity contribution in [3.63, 3.8) is 0 Å². The Morgan fingerprint density at radius 3 is 2.21 bits per heavy atom. The van der Waals surface area contributed by atoms with Crippen molar-refractivity contribution in [2.45, 2.75) is 44.4 Å². The number of ether oxygens (including phenoxy) is 1. The quantitative estimate of drug-likeness (QED) is 0.677. The lowest BCUT2D eigenvalue weighted by atomic mass is 10.0. The van der Waals surface area contributed by atoms with Gasteiger partial charge in [-0.2, -0.15) is 4.31 Å². The van der Waals surface area contributed by atoms with Crippen molar-refractivity contribution in [2.75, 3.05) is 26.2 Å². The van der Waals surface area contributed by atoms with E-state index in [4.69, 9.17) is 0 Å². The molecule has 6 nitrogen and oxygen atoms in total. The van der Waals surface area contributed by atoms with Crippen LogP contribution >= 0.6 is 0 Å². The largest absolute Gasteiger partial charge is 0.573 e. The minimum Gasteiger partial charge on any atom is -0.406 e. The lowest BCUT2D eigenvalue weighted by Gasteiger charge is -2.34. The van der Waals surface area contributed by atoms with E-state index in [0.717, 1.165) is 37.1 Å². The third kappa shape index (κ3) is 6.10. The summed E-state index contributed by atoms with van der Waals surface area (Å²) in [6.45, 7) is 4.98. The Hall–Kier alpha value is -1.81. The first-order chi connectivity index (χ1) is 13.0. The minimum atomic E-state index is -4.84. The van der Waals surface area contributed by atoms with Crippen molar-refractivity contribution >= 4 is 15.9 Å². The molecule has 0 radical (unpaired) electrons. The van der Waals surface area contributed by atoms with Crippen molar-refractivity contribution in [3.8, 4) is 5.75 Å². The molecular formula is C18H25F3N2O4S. The number of hydrogen-bond acceptors (Lipinski definition) is 4. The van der Waals surface area contributed by atoms with Crippen LogP contribution in [0, 0.1) is 5.92 Å². The first kappa shape index (κ1) is 22.5. The summed E-state index contributed by atoms with van der Waals surface area (Å²) in [5.41, 5.74) is 0. The van der Waals surface area contributed by atoms with Crippen LogP contribution in [-0.4, -0.2) is 56.1 Å². The highest BCUT2D eigenvalue weighted by Crippen LogP contribution is 2.25. The lowest BCUT2D eigenvalue weighted by molar-refractivity contribution is -0.274. The predicted octanol–water partition coefficient (Wildman–Crippen LogP) is 3.24. The summed E-state index contributed by atoms with van der Waals surface area (Å²) >= 11 is 0. The zero-order valence-corrected chi connectivity index (χ0v) is 16.7. The highest BCUT2D eigenvalue weighted by Gasteiger charge is 2.32. The van der Waals surface area contributed by atoms with Gasteiger partial charge in [-0.25, -0.2) is 8.42 Å². The summed E-state index contributed by atoms with van der Waals surface area (Å²) in [5, 5.41) is 0. The molecule has 0 aliphatic carbocycles. The standard InChI is InChI=1S/C18H25F3N2O4S/c1-3-4-14(2)13-17(24)22-9-11-23(12-10-22)28(25,26)16-7-5-15(6-8-16)27-18(19,20)21/h5-8,14H,3-4,9-13H2,1-2H3. The molecule has 1 heterocycles. The maximum atomic E-state index is 12.7. The Balaban J connectivity index is 1.96. The van der Waals surface area contributed by atoms with Gasteiger partial charge in [-0.05, 0) is 30.2 Å². The fourth-order valence-corrected chi connectivity index (χ4v) is 4.58. The summed E-state index contributed by atoms with van der Waals surface area (Å²) in [7, 11) is -3.84. The molecule has 1 atom stereocenters. The Labute approximate surface area is 163 Å². The van der Waals surface area contributed by atoms with Crippen molar-refractivity contribution in [3.05, 3.63) is 24.3 Å². The first-order valence-electron chi connectivity index (χ1n) is 9.16. The number of alkyl halides is 3. The summed E-state index contributed by atoms with van der Waals surface area (Å²) < 4.78 is 67.0. The van der Waals surface area contributed by atoms with Crippen LogP contribution in [0.1, 0.15) is 33.1 Å². The molecule has 1 saturated heterocycles. The van der Waals surface area contributed by atoms with E-state index in [0.29, 0.717) is 19.5 Å². The number of hydrogen-bond donors (Lipinski definition) is 0. The number of rotatable bonds is 7. The Morgan fingerprint density at radius 2 is 1.71 bits per heavy atom. The maximum Gasteiger partial charge on any atom is 0.573 e. The number of amides is 1. The summed E-state index contributed by atoms with van der Waals surface area (Å²) in [5.74, 6) is -0.175. The van der Waals surface area contributed by atoms with Crippen molar-refractivity contribution in [2.24, 2.45) is 5.92 Å². The molecule has 1 unspecified atom stereocenters. The highest BCUT2D eigenvalue weighted by molar-refractivity contribution is 7.89. The molecular weight excluding hydrogens is 397 g/mol. The topological polar surface area (TPSA) is 66.9 Å². The Bertz CT molecular complexity index is 758. The number of sulfonamides is 1. The average Bonchev–Trinajstić information content (AvgIpc) is 2.61. The number of piperazine rings is 1. The van der Waals surface area contributed by atoms with Crippen LogP contribution in [-0.2, 0) is 14.8 Å². The SMILES string of the molecule is CCCC(C)CC(=O)N1CCN(S(=O)(=O)c2ccc(OC(F)(F)F)cc2)CC1. The molecule has 28 heavy (non-hydrogen) atoms. The molecule has 1 aliphatic rings. The number of halogens is 3. The molecule has 0 saturated carbocycles. The number of benzene rings is 1. The van der Waals surface area contributed by atoms with Crippen LogP contribution in [0.3, 0.4) is 0 Å². The van der Waals surface area contributed by atoms with Crippen LogP contribution < -0.4 is 4.74 Å². The van der Waals surface area contributed by atoms with Gasteiger partial charge >= 0.3 is 6.36 Å². The summed E-state index contributed by atoms with van der Waals surface area (Å²) in [4.78, 5) is 13.9. The molecule has 2 rings (SSSR count). The van der Waals surface area contributed by atoms with Gasteiger partial charge in [0.05, 0.1) is 4.90 Å². The van der Waals surface area contributed by atoms with Gasteiger partial charge in [-0.3, -0.25) is 4.79 Å². The van der Waals surface area contributed by atoms with Gasteiger partial charge in [0.1, 0.15) is 5.75 Å². The van der Waals surface area contributed by atoms with Crippen molar-refractivity contribution in [1.29, 1.82) is 0 Å². The second kappa shape index (κ2) is 9.13. The Kier molecular flexibility index (Phi) is 7.33. The first-order valence-corrected chi connectivity index (χ1v) is 10.6. The van der Waals surface area contributed by atoms with Crippen LogP contribution in [0.25, 0.3) is 0 Å². The van der Waals surface area contributed by atoms with Gasteiger partial charge in [-0.15, -0.1) is 13.2 Å². The third-order valence-electron chi connectivity index (χ3n) is 4.59. The highest BCUT2D eigenvalue weighted by atomic mass is 32.2. The van der Waals surface area contributed by atoms with E-state index in [1.165, 1.54) is 4.31 Å². The zero-order valence-electron chi connectivity index (χ0n) is 15.9. The average molecular weight is 422 g/mol. The van der Waals surface area contributed by atoms with Gasteiger partial charge in [0.25, 0.3) is 0 Å². The molecule has 0 spiro atoms. The third-order valence-corrected chi connectivity index (χ3v) is 6.50. The van der Waals surface area contributed by atoms with E-state index < -0.39 is 22.1 Å². The summed E-state index contributed by atoms with van der Waals surface area (Å²) in [6.07, 6.45) is -2.42. The van der Waals surface area contributed by atoms with E-state index in [9.17, 15) is 26.4 Å². The smallest absolute Gasteiger partial charge is 0.406 e. The molecule has 10 heteroatoms.